The van der Waals surface area contributed by atoms with Gasteiger partial charge in [-0.1, -0.05) is 0 Å². The Labute approximate surface area is 113 Å². The lowest BCUT2D eigenvalue weighted by molar-refractivity contribution is 0.0766. The average molecular weight is 260 g/mol. The number of nitrogens with two attached hydrogens (primary N) is 1. The highest BCUT2D eigenvalue weighted by Crippen LogP contribution is 2.45. The average Bonchev–Trinajstić information content (AvgIpc) is 3.04. The van der Waals surface area contributed by atoms with Crippen LogP contribution in [0.25, 0.3) is 0 Å². The summed E-state index contributed by atoms with van der Waals surface area (Å²) >= 11 is 0. The third-order valence-corrected chi connectivity index (χ3v) is 4.25. The first kappa shape index (κ1) is 12.5. The lowest BCUT2D eigenvalue weighted by Gasteiger charge is -2.23. The fourth-order valence-electron chi connectivity index (χ4n) is 2.72. The van der Waals surface area contributed by atoms with Gasteiger partial charge in [0.1, 0.15) is 5.75 Å². The van der Waals surface area contributed by atoms with Crippen LogP contribution >= 0.6 is 0 Å². The van der Waals surface area contributed by atoms with E-state index < -0.39 is 0 Å². The van der Waals surface area contributed by atoms with Gasteiger partial charge in [0.15, 0.2) is 0 Å². The van der Waals surface area contributed by atoms with Crippen LogP contribution in [0.1, 0.15) is 28.8 Å². The molecule has 1 aliphatic heterocycles. The van der Waals surface area contributed by atoms with Crippen molar-refractivity contribution in [1.29, 1.82) is 0 Å². The molecule has 1 aliphatic carbocycles. The fourth-order valence-corrected chi connectivity index (χ4v) is 2.72. The molecule has 1 fully saturated rings. The van der Waals surface area contributed by atoms with Crippen molar-refractivity contribution in [3.8, 4) is 5.75 Å². The summed E-state index contributed by atoms with van der Waals surface area (Å²) in [7, 11) is 1.86. The molecule has 3 rings (SSSR count). The molecule has 0 aromatic heterocycles. The molecule has 4 nitrogen and oxygen atoms in total. The van der Waals surface area contributed by atoms with Gasteiger partial charge in [0.25, 0.3) is 5.91 Å². The van der Waals surface area contributed by atoms with E-state index in [-0.39, 0.29) is 11.3 Å². The molecule has 2 N–H and O–H groups in total. The highest BCUT2D eigenvalue weighted by Gasteiger charge is 2.42. The molecule has 0 saturated heterocycles. The smallest absolute Gasteiger partial charge is 0.253 e. The fraction of sp³-hybridized carbons (Fsp3) is 0.533. The van der Waals surface area contributed by atoms with E-state index in [1.54, 1.807) is 4.90 Å². The second kappa shape index (κ2) is 4.53. The first-order valence-electron chi connectivity index (χ1n) is 6.85. The van der Waals surface area contributed by atoms with Crippen LogP contribution in [-0.2, 0) is 6.42 Å². The topological polar surface area (TPSA) is 55.6 Å². The van der Waals surface area contributed by atoms with E-state index in [0.29, 0.717) is 6.54 Å². The van der Waals surface area contributed by atoms with Gasteiger partial charge in [0.05, 0.1) is 6.61 Å². The van der Waals surface area contributed by atoms with Crippen molar-refractivity contribution in [1.82, 2.24) is 4.90 Å². The molecule has 1 saturated carbocycles. The first-order chi connectivity index (χ1) is 9.13. The summed E-state index contributed by atoms with van der Waals surface area (Å²) in [5.41, 5.74) is 7.85. The molecule has 4 heteroatoms. The van der Waals surface area contributed by atoms with Crippen molar-refractivity contribution in [3.63, 3.8) is 0 Å². The molecule has 19 heavy (non-hydrogen) atoms. The Bertz CT molecular complexity index is 509. The lowest BCUT2D eigenvalue weighted by Crippen LogP contribution is -2.35. The third-order valence-electron chi connectivity index (χ3n) is 4.25. The Morgan fingerprint density at radius 1 is 1.47 bits per heavy atom. The predicted octanol–water partition coefficient (Wildman–Crippen LogP) is 1.43. The summed E-state index contributed by atoms with van der Waals surface area (Å²) in [5, 5.41) is 0. The summed E-state index contributed by atoms with van der Waals surface area (Å²) in [6.45, 7) is 2.15. The number of ether oxygens (including phenoxy) is 1. The lowest BCUT2D eigenvalue weighted by atomic mass is 10.1. The van der Waals surface area contributed by atoms with Crippen molar-refractivity contribution in [3.05, 3.63) is 29.3 Å². The Hall–Kier alpha value is -1.55. The molecule has 0 atom stereocenters. The number of benzene rings is 1. The second-order valence-electron chi connectivity index (χ2n) is 5.79. The van der Waals surface area contributed by atoms with Gasteiger partial charge in [-0.25, -0.2) is 0 Å². The molecule has 0 radical (unpaired) electrons. The maximum atomic E-state index is 12.4. The van der Waals surface area contributed by atoms with E-state index in [1.807, 2.05) is 25.2 Å². The van der Waals surface area contributed by atoms with E-state index in [2.05, 4.69) is 0 Å². The molecule has 0 unspecified atom stereocenters. The zero-order chi connectivity index (χ0) is 13.5. The van der Waals surface area contributed by atoms with Crippen LogP contribution in [0, 0.1) is 5.41 Å². The number of nitrogens with zero attached hydrogens (tertiary/aromatic N) is 1. The summed E-state index contributed by atoms with van der Waals surface area (Å²) < 4.78 is 5.46. The van der Waals surface area contributed by atoms with Gasteiger partial charge in [-0.2, -0.15) is 0 Å². The minimum absolute atomic E-state index is 0.0782. The van der Waals surface area contributed by atoms with Crippen LogP contribution < -0.4 is 10.5 Å². The van der Waals surface area contributed by atoms with Crippen LogP contribution in [0.5, 0.6) is 5.75 Å². The highest BCUT2D eigenvalue weighted by atomic mass is 16.5. The highest BCUT2D eigenvalue weighted by molar-refractivity contribution is 5.94. The van der Waals surface area contributed by atoms with Crippen molar-refractivity contribution >= 4 is 5.91 Å². The number of amides is 1. The van der Waals surface area contributed by atoms with Crippen LogP contribution in [0.4, 0.5) is 0 Å². The standard InChI is InChI=1S/C15H20N2O2/c1-17(10-15(9-16)5-6-15)14(18)12-2-3-13-11(8-12)4-7-19-13/h2-3,8H,4-7,9-10,16H2,1H3. The van der Waals surface area contributed by atoms with Crippen molar-refractivity contribution in [2.24, 2.45) is 11.1 Å². The van der Waals surface area contributed by atoms with Gasteiger partial charge in [-0.15, -0.1) is 0 Å². The van der Waals surface area contributed by atoms with Gasteiger partial charge >= 0.3 is 0 Å². The van der Waals surface area contributed by atoms with Gasteiger partial charge in [-0.3, -0.25) is 4.79 Å². The van der Waals surface area contributed by atoms with E-state index in [1.165, 1.54) is 0 Å². The minimum Gasteiger partial charge on any atom is -0.493 e. The van der Waals surface area contributed by atoms with Crippen molar-refractivity contribution in [2.75, 3.05) is 26.7 Å². The number of hydrogen-bond acceptors (Lipinski definition) is 3. The molecule has 0 spiro atoms. The Morgan fingerprint density at radius 3 is 2.95 bits per heavy atom. The second-order valence-corrected chi connectivity index (χ2v) is 5.79. The summed E-state index contributed by atoms with van der Waals surface area (Å²) in [5.74, 6) is 0.995. The molecular formula is C15H20N2O2. The van der Waals surface area contributed by atoms with Crippen molar-refractivity contribution in [2.45, 2.75) is 19.3 Å². The van der Waals surface area contributed by atoms with Crippen LogP contribution in [0.15, 0.2) is 18.2 Å². The predicted molar refractivity (Wildman–Crippen MR) is 73.3 cm³/mol. The third kappa shape index (κ3) is 2.32. The number of rotatable bonds is 4. The van der Waals surface area contributed by atoms with Crippen LogP contribution in [-0.4, -0.2) is 37.6 Å². The normalized spacial score (nSPS) is 18.6. The molecule has 102 valence electrons. The summed E-state index contributed by atoms with van der Waals surface area (Å²) in [6.07, 6.45) is 3.17. The Kier molecular flexibility index (Phi) is 2.97. The van der Waals surface area contributed by atoms with Gasteiger partial charge in [0.2, 0.25) is 0 Å². The van der Waals surface area contributed by atoms with E-state index in [4.69, 9.17) is 10.5 Å². The molecule has 0 bridgehead atoms. The van der Waals surface area contributed by atoms with Crippen molar-refractivity contribution < 1.29 is 9.53 Å². The molecule has 1 aromatic rings. The van der Waals surface area contributed by atoms with E-state index in [9.17, 15) is 4.79 Å². The van der Waals surface area contributed by atoms with Gasteiger partial charge in [-0.05, 0) is 43.1 Å². The van der Waals surface area contributed by atoms with Crippen LogP contribution in [0.3, 0.4) is 0 Å². The SMILES string of the molecule is CN(CC1(CN)CC1)C(=O)c1ccc2c(c1)CCO2. The number of carbonyl (C=O) groups excluding carboxylic acids is 1. The van der Waals surface area contributed by atoms with Gasteiger partial charge < -0.3 is 15.4 Å². The maximum absolute atomic E-state index is 12.4. The largest absolute Gasteiger partial charge is 0.493 e. The molecule has 2 aliphatic rings. The first-order valence-corrected chi connectivity index (χ1v) is 6.85. The molecule has 1 amide bonds. The zero-order valence-corrected chi connectivity index (χ0v) is 11.3. The molecule has 1 heterocycles. The quantitative estimate of drug-likeness (QED) is 0.891. The molecule has 1 aromatic carbocycles. The number of hydrogen-bond donors (Lipinski definition) is 1. The van der Waals surface area contributed by atoms with Gasteiger partial charge in [0, 0.05) is 31.0 Å². The summed E-state index contributed by atoms with van der Waals surface area (Å²) in [4.78, 5) is 14.2. The summed E-state index contributed by atoms with van der Waals surface area (Å²) in [6, 6.07) is 5.72. The number of fused-ring (bicyclic) bond motifs is 1. The van der Waals surface area contributed by atoms with Crippen LogP contribution in [0.2, 0.25) is 0 Å². The Balaban J connectivity index is 1.73. The minimum atomic E-state index is 0.0782. The Morgan fingerprint density at radius 2 is 2.26 bits per heavy atom. The zero-order valence-electron chi connectivity index (χ0n) is 11.3. The molecular weight excluding hydrogens is 240 g/mol. The maximum Gasteiger partial charge on any atom is 0.253 e. The number of carbonyl (C=O) groups is 1. The monoisotopic (exact) mass is 260 g/mol. The van der Waals surface area contributed by atoms with E-state index in [0.717, 1.165) is 49.3 Å². The van der Waals surface area contributed by atoms with E-state index >= 15 is 0 Å².